The second kappa shape index (κ2) is 5.52. The molecule has 2 heteroatoms. The number of nitrogens with one attached hydrogen (secondary N) is 1. The van der Waals surface area contributed by atoms with E-state index in [0.29, 0.717) is 12.1 Å². The lowest BCUT2D eigenvalue weighted by atomic mass is 10.0. The molecule has 1 saturated heterocycles. The first-order valence-corrected chi connectivity index (χ1v) is 5.95. The predicted molar refractivity (Wildman–Crippen MR) is 58.4 cm³/mol. The number of ether oxygens (including phenoxy) is 1. The van der Waals surface area contributed by atoms with Crippen LogP contribution < -0.4 is 5.32 Å². The SMILES string of the molecule is C1=CCC(NCC2CCCCO2)CC1. The molecule has 0 amide bonds. The van der Waals surface area contributed by atoms with E-state index in [0.717, 1.165) is 13.2 Å². The second-order valence-electron chi connectivity index (χ2n) is 4.38. The van der Waals surface area contributed by atoms with Crippen molar-refractivity contribution in [2.75, 3.05) is 13.2 Å². The van der Waals surface area contributed by atoms with Crippen molar-refractivity contribution in [1.29, 1.82) is 0 Å². The van der Waals surface area contributed by atoms with Crippen molar-refractivity contribution in [2.45, 2.75) is 50.7 Å². The summed E-state index contributed by atoms with van der Waals surface area (Å²) in [5.41, 5.74) is 0. The third-order valence-electron chi connectivity index (χ3n) is 3.18. The van der Waals surface area contributed by atoms with E-state index in [1.807, 2.05) is 0 Å². The summed E-state index contributed by atoms with van der Waals surface area (Å²) in [5.74, 6) is 0. The summed E-state index contributed by atoms with van der Waals surface area (Å²) >= 11 is 0. The fraction of sp³-hybridized carbons (Fsp3) is 0.833. The van der Waals surface area contributed by atoms with Crippen molar-refractivity contribution in [1.82, 2.24) is 5.32 Å². The molecule has 0 spiro atoms. The molecule has 0 saturated carbocycles. The zero-order valence-electron chi connectivity index (χ0n) is 8.87. The van der Waals surface area contributed by atoms with E-state index in [1.165, 1.54) is 38.5 Å². The number of rotatable bonds is 3. The zero-order chi connectivity index (χ0) is 9.64. The molecule has 1 aliphatic carbocycles. The van der Waals surface area contributed by atoms with Crippen molar-refractivity contribution in [3.8, 4) is 0 Å². The molecular weight excluding hydrogens is 174 g/mol. The van der Waals surface area contributed by atoms with E-state index >= 15 is 0 Å². The zero-order valence-corrected chi connectivity index (χ0v) is 8.87. The van der Waals surface area contributed by atoms with Crippen LogP contribution in [-0.2, 0) is 4.74 Å². The molecule has 0 aromatic carbocycles. The van der Waals surface area contributed by atoms with Gasteiger partial charge in [0, 0.05) is 19.2 Å². The molecule has 14 heavy (non-hydrogen) atoms. The molecule has 0 bridgehead atoms. The van der Waals surface area contributed by atoms with Gasteiger partial charge in [-0.3, -0.25) is 0 Å². The van der Waals surface area contributed by atoms with Gasteiger partial charge in [0.15, 0.2) is 0 Å². The van der Waals surface area contributed by atoms with Crippen molar-refractivity contribution in [2.24, 2.45) is 0 Å². The van der Waals surface area contributed by atoms with E-state index in [4.69, 9.17) is 4.74 Å². The van der Waals surface area contributed by atoms with Gasteiger partial charge in [-0.15, -0.1) is 0 Å². The molecule has 2 rings (SSSR count). The number of hydrogen-bond donors (Lipinski definition) is 1. The summed E-state index contributed by atoms with van der Waals surface area (Å²) in [6.07, 6.45) is 12.6. The Balaban J connectivity index is 1.63. The quantitative estimate of drug-likeness (QED) is 0.697. The lowest BCUT2D eigenvalue weighted by Crippen LogP contribution is -2.38. The average Bonchev–Trinajstić information content (AvgIpc) is 2.29. The number of allylic oxidation sites excluding steroid dienone is 1. The first-order valence-electron chi connectivity index (χ1n) is 5.95. The highest BCUT2D eigenvalue weighted by Crippen LogP contribution is 2.14. The van der Waals surface area contributed by atoms with Crippen LogP contribution in [0.4, 0.5) is 0 Å². The molecule has 0 radical (unpaired) electrons. The van der Waals surface area contributed by atoms with Gasteiger partial charge in [0.2, 0.25) is 0 Å². The molecule has 2 atom stereocenters. The van der Waals surface area contributed by atoms with E-state index in [9.17, 15) is 0 Å². The van der Waals surface area contributed by atoms with Gasteiger partial charge in [-0.05, 0) is 38.5 Å². The lowest BCUT2D eigenvalue weighted by molar-refractivity contribution is 0.0152. The van der Waals surface area contributed by atoms with Gasteiger partial charge in [0.05, 0.1) is 6.10 Å². The maximum absolute atomic E-state index is 5.69. The summed E-state index contributed by atoms with van der Waals surface area (Å²) < 4.78 is 5.69. The molecule has 2 unspecified atom stereocenters. The highest BCUT2D eigenvalue weighted by molar-refractivity contribution is 4.93. The maximum atomic E-state index is 5.69. The summed E-state index contributed by atoms with van der Waals surface area (Å²) in [7, 11) is 0. The van der Waals surface area contributed by atoms with Gasteiger partial charge in [-0.1, -0.05) is 12.2 Å². The van der Waals surface area contributed by atoms with Gasteiger partial charge >= 0.3 is 0 Å². The fourth-order valence-electron chi connectivity index (χ4n) is 2.25. The Hall–Kier alpha value is -0.340. The van der Waals surface area contributed by atoms with Crippen molar-refractivity contribution < 1.29 is 4.74 Å². The van der Waals surface area contributed by atoms with Gasteiger partial charge in [-0.2, -0.15) is 0 Å². The van der Waals surface area contributed by atoms with Crippen LogP contribution in [0.25, 0.3) is 0 Å². The largest absolute Gasteiger partial charge is 0.377 e. The topological polar surface area (TPSA) is 21.3 Å². The van der Waals surface area contributed by atoms with Crippen LogP contribution in [0.2, 0.25) is 0 Å². The van der Waals surface area contributed by atoms with E-state index in [2.05, 4.69) is 17.5 Å². The van der Waals surface area contributed by atoms with Crippen molar-refractivity contribution >= 4 is 0 Å². The van der Waals surface area contributed by atoms with Crippen LogP contribution in [0.5, 0.6) is 0 Å². The summed E-state index contributed by atoms with van der Waals surface area (Å²) in [6, 6.07) is 0.700. The van der Waals surface area contributed by atoms with Crippen molar-refractivity contribution in [3.05, 3.63) is 12.2 Å². The molecule has 2 nitrogen and oxygen atoms in total. The van der Waals surface area contributed by atoms with Gasteiger partial charge in [0.25, 0.3) is 0 Å². The Morgan fingerprint density at radius 1 is 1.21 bits per heavy atom. The molecule has 1 N–H and O–H groups in total. The van der Waals surface area contributed by atoms with Gasteiger partial charge in [-0.25, -0.2) is 0 Å². The first-order chi connectivity index (χ1) is 6.95. The third kappa shape index (κ3) is 3.10. The van der Waals surface area contributed by atoms with E-state index < -0.39 is 0 Å². The third-order valence-corrected chi connectivity index (χ3v) is 3.18. The molecular formula is C12H21NO. The molecule has 0 aromatic rings. The monoisotopic (exact) mass is 195 g/mol. The fourth-order valence-corrected chi connectivity index (χ4v) is 2.25. The molecule has 1 fully saturated rings. The van der Waals surface area contributed by atoms with E-state index in [1.54, 1.807) is 0 Å². The Morgan fingerprint density at radius 3 is 2.93 bits per heavy atom. The highest BCUT2D eigenvalue weighted by atomic mass is 16.5. The second-order valence-corrected chi connectivity index (χ2v) is 4.38. The normalized spacial score (nSPS) is 33.1. The van der Waals surface area contributed by atoms with Crippen LogP contribution in [-0.4, -0.2) is 25.3 Å². The van der Waals surface area contributed by atoms with Crippen molar-refractivity contribution in [3.63, 3.8) is 0 Å². The predicted octanol–water partition coefficient (Wildman–Crippen LogP) is 2.25. The smallest absolute Gasteiger partial charge is 0.0699 e. The van der Waals surface area contributed by atoms with Crippen LogP contribution in [0.1, 0.15) is 38.5 Å². The minimum atomic E-state index is 0.481. The molecule has 1 heterocycles. The van der Waals surface area contributed by atoms with Crippen LogP contribution in [0.3, 0.4) is 0 Å². The standard InChI is InChI=1S/C12H21NO/c1-2-6-11(7-3-1)13-10-12-8-4-5-9-14-12/h1-2,11-13H,3-10H2. The molecule has 1 aliphatic heterocycles. The van der Waals surface area contributed by atoms with Gasteiger partial charge < -0.3 is 10.1 Å². The van der Waals surface area contributed by atoms with Crippen LogP contribution in [0, 0.1) is 0 Å². The molecule has 0 aromatic heterocycles. The molecule has 2 aliphatic rings. The lowest BCUT2D eigenvalue weighted by Gasteiger charge is -2.26. The Labute approximate surface area is 86.7 Å². The summed E-state index contributed by atoms with van der Waals surface area (Å²) in [6.45, 7) is 2.02. The van der Waals surface area contributed by atoms with Gasteiger partial charge in [0.1, 0.15) is 0 Å². The average molecular weight is 195 g/mol. The Morgan fingerprint density at radius 2 is 2.21 bits per heavy atom. The van der Waals surface area contributed by atoms with Crippen LogP contribution >= 0.6 is 0 Å². The minimum Gasteiger partial charge on any atom is -0.377 e. The minimum absolute atomic E-state index is 0.481. The van der Waals surface area contributed by atoms with Crippen LogP contribution in [0.15, 0.2) is 12.2 Å². The maximum Gasteiger partial charge on any atom is 0.0699 e. The Kier molecular flexibility index (Phi) is 4.02. The highest BCUT2D eigenvalue weighted by Gasteiger charge is 2.16. The summed E-state index contributed by atoms with van der Waals surface area (Å²) in [5, 5.41) is 3.62. The Bertz CT molecular complexity index is 185. The van der Waals surface area contributed by atoms with E-state index in [-0.39, 0.29) is 0 Å². The first kappa shape index (κ1) is 10.2. The summed E-state index contributed by atoms with van der Waals surface area (Å²) in [4.78, 5) is 0. The number of hydrogen-bond acceptors (Lipinski definition) is 2. The molecule has 80 valence electrons.